The highest BCUT2D eigenvalue weighted by atomic mass is 16.3. The Bertz CT molecular complexity index is 1170. The molecular formula is C30H33N3O2. The minimum atomic E-state index is -0.581. The molecule has 7 rings (SSSR count). The van der Waals surface area contributed by atoms with Crippen molar-refractivity contribution in [2.24, 2.45) is 17.8 Å². The number of rotatable bonds is 7. The number of nitrogens with zero attached hydrogens (tertiary/aromatic N) is 1. The van der Waals surface area contributed by atoms with Gasteiger partial charge in [-0.1, -0.05) is 72.8 Å². The average Bonchev–Trinajstić information content (AvgIpc) is 3.19. The number of hydrogen-bond acceptors (Lipinski definition) is 4. The van der Waals surface area contributed by atoms with Crippen LogP contribution in [0.5, 0.6) is 5.75 Å². The molecule has 0 radical (unpaired) electrons. The van der Waals surface area contributed by atoms with E-state index in [9.17, 15) is 9.90 Å². The predicted octanol–water partition coefficient (Wildman–Crippen LogP) is 3.73. The van der Waals surface area contributed by atoms with Gasteiger partial charge in [-0.25, -0.2) is 0 Å². The molecule has 3 N–H and O–H groups in total. The first-order valence-electron chi connectivity index (χ1n) is 12.8. The Kier molecular flexibility index (Phi) is 5.83. The molecule has 3 saturated heterocycles. The second kappa shape index (κ2) is 9.14. The van der Waals surface area contributed by atoms with Crippen molar-refractivity contribution in [3.63, 3.8) is 0 Å². The van der Waals surface area contributed by atoms with Gasteiger partial charge in [0.05, 0.1) is 0 Å². The van der Waals surface area contributed by atoms with Gasteiger partial charge in [-0.15, -0.1) is 0 Å². The fraction of sp³-hybridized carbons (Fsp3) is 0.367. The smallest absolute Gasteiger partial charge is 0.240 e. The van der Waals surface area contributed by atoms with Crippen LogP contribution in [0.15, 0.2) is 84.9 Å². The number of nitrogens with one attached hydrogen (secondary N) is 2. The van der Waals surface area contributed by atoms with Gasteiger partial charge in [-0.3, -0.25) is 9.69 Å². The summed E-state index contributed by atoms with van der Waals surface area (Å²) in [5, 5.41) is 16.8. The van der Waals surface area contributed by atoms with E-state index in [0.29, 0.717) is 24.4 Å². The summed E-state index contributed by atoms with van der Waals surface area (Å²) in [5.74, 6) is 1.65. The highest BCUT2D eigenvalue weighted by molar-refractivity contribution is 5.87. The van der Waals surface area contributed by atoms with E-state index in [-0.39, 0.29) is 17.6 Å². The van der Waals surface area contributed by atoms with E-state index in [1.54, 1.807) is 12.1 Å². The largest absolute Gasteiger partial charge is 0.508 e. The van der Waals surface area contributed by atoms with E-state index in [0.717, 1.165) is 38.0 Å². The van der Waals surface area contributed by atoms with Crippen molar-refractivity contribution in [3.8, 4) is 5.75 Å². The Morgan fingerprint density at radius 3 is 2.34 bits per heavy atom. The van der Waals surface area contributed by atoms with Crippen molar-refractivity contribution in [1.29, 1.82) is 0 Å². The number of phenols is 1. The molecule has 5 atom stereocenters. The molecule has 5 heteroatoms. The van der Waals surface area contributed by atoms with Gasteiger partial charge < -0.3 is 15.7 Å². The number of benzene rings is 3. The molecule has 0 spiro atoms. The normalized spacial score (nSPS) is 29.3. The lowest BCUT2D eigenvalue weighted by atomic mass is 9.58. The van der Waals surface area contributed by atoms with Gasteiger partial charge in [0.15, 0.2) is 0 Å². The molecule has 3 heterocycles. The third kappa shape index (κ3) is 4.13. The van der Waals surface area contributed by atoms with Crippen LogP contribution in [0.3, 0.4) is 0 Å². The molecule has 180 valence electrons. The topological polar surface area (TPSA) is 64.6 Å². The van der Waals surface area contributed by atoms with Crippen LogP contribution in [0.25, 0.3) is 0 Å². The lowest BCUT2D eigenvalue weighted by molar-refractivity contribution is -0.138. The third-order valence-electron chi connectivity index (χ3n) is 8.54. The lowest BCUT2D eigenvalue weighted by Crippen LogP contribution is -2.74. The molecule has 5 nitrogen and oxygen atoms in total. The van der Waals surface area contributed by atoms with Gasteiger partial charge in [0.2, 0.25) is 5.91 Å². The Balaban J connectivity index is 1.31. The summed E-state index contributed by atoms with van der Waals surface area (Å²) in [7, 11) is 0. The number of piperidine rings is 2. The first-order valence-corrected chi connectivity index (χ1v) is 12.8. The van der Waals surface area contributed by atoms with E-state index in [1.165, 1.54) is 11.1 Å². The maximum absolute atomic E-state index is 14.0. The van der Waals surface area contributed by atoms with Crippen molar-refractivity contribution in [2.45, 2.75) is 37.5 Å². The van der Waals surface area contributed by atoms with Crippen LogP contribution in [0.4, 0.5) is 0 Å². The number of carbonyl (C=O) groups is 1. The van der Waals surface area contributed by atoms with E-state index >= 15 is 0 Å². The SMILES string of the molecule is O=C(NCc1ccccc1)[C@@]12C[C@@H]3CN(Cc4ccccc4)[C@@H]([C@@H]3CN1)[C@H]2Cc1ccc(O)cc1. The number of carbonyl (C=O) groups excluding carboxylic acids is 1. The zero-order chi connectivity index (χ0) is 23.8. The molecule has 0 aromatic heterocycles. The van der Waals surface area contributed by atoms with Crippen molar-refractivity contribution in [1.82, 2.24) is 15.5 Å². The first kappa shape index (κ1) is 22.3. The second-order valence-corrected chi connectivity index (χ2v) is 10.5. The average molecular weight is 468 g/mol. The van der Waals surface area contributed by atoms with Gasteiger partial charge in [-0.2, -0.15) is 0 Å². The molecule has 3 aliphatic heterocycles. The fourth-order valence-electron chi connectivity index (χ4n) is 6.97. The molecule has 4 fully saturated rings. The minimum absolute atomic E-state index is 0.125. The first-order chi connectivity index (χ1) is 17.1. The van der Waals surface area contributed by atoms with E-state index in [2.05, 4.69) is 58.0 Å². The summed E-state index contributed by atoms with van der Waals surface area (Å²) < 4.78 is 0. The Hall–Kier alpha value is -3.15. The van der Waals surface area contributed by atoms with Crippen molar-refractivity contribution >= 4 is 5.91 Å². The second-order valence-electron chi connectivity index (χ2n) is 10.5. The number of aromatic hydroxyl groups is 1. The number of hydrogen-bond donors (Lipinski definition) is 3. The monoisotopic (exact) mass is 467 g/mol. The summed E-state index contributed by atoms with van der Waals surface area (Å²) in [6.07, 6.45) is 1.69. The van der Waals surface area contributed by atoms with Gasteiger partial charge in [0, 0.05) is 38.1 Å². The Labute approximate surface area is 207 Å². The zero-order valence-electron chi connectivity index (χ0n) is 19.9. The zero-order valence-corrected chi connectivity index (χ0v) is 19.9. The summed E-state index contributed by atoms with van der Waals surface area (Å²) in [5.41, 5.74) is 3.03. The van der Waals surface area contributed by atoms with Crippen molar-refractivity contribution in [3.05, 3.63) is 102 Å². The summed E-state index contributed by atoms with van der Waals surface area (Å²) in [6, 6.07) is 28.7. The van der Waals surface area contributed by atoms with Crippen LogP contribution in [0, 0.1) is 17.8 Å². The van der Waals surface area contributed by atoms with Crippen LogP contribution in [0.2, 0.25) is 0 Å². The van der Waals surface area contributed by atoms with Gasteiger partial charge >= 0.3 is 0 Å². The molecule has 35 heavy (non-hydrogen) atoms. The van der Waals surface area contributed by atoms with E-state index in [1.807, 2.05) is 30.3 Å². The van der Waals surface area contributed by atoms with Crippen molar-refractivity contribution in [2.75, 3.05) is 13.1 Å². The fourth-order valence-corrected chi connectivity index (χ4v) is 6.97. The van der Waals surface area contributed by atoms with E-state index < -0.39 is 5.54 Å². The highest BCUT2D eigenvalue weighted by Crippen LogP contribution is 2.53. The van der Waals surface area contributed by atoms with Gasteiger partial charge in [0.25, 0.3) is 0 Å². The Morgan fingerprint density at radius 1 is 0.943 bits per heavy atom. The maximum atomic E-state index is 14.0. The van der Waals surface area contributed by atoms with Crippen LogP contribution in [0.1, 0.15) is 23.1 Å². The number of phenolic OH excluding ortho intramolecular Hbond substituents is 1. The van der Waals surface area contributed by atoms with Crippen LogP contribution >= 0.6 is 0 Å². The molecule has 1 amide bonds. The van der Waals surface area contributed by atoms with E-state index in [4.69, 9.17) is 0 Å². The lowest BCUT2D eigenvalue weighted by Gasteiger charge is -2.56. The quantitative estimate of drug-likeness (QED) is 0.496. The summed E-state index contributed by atoms with van der Waals surface area (Å²) in [6.45, 7) is 3.41. The predicted molar refractivity (Wildman–Crippen MR) is 137 cm³/mol. The number of amides is 1. The molecule has 4 bridgehead atoms. The highest BCUT2D eigenvalue weighted by Gasteiger charge is 2.64. The molecule has 1 aliphatic carbocycles. The molecule has 1 saturated carbocycles. The Morgan fingerprint density at radius 2 is 1.63 bits per heavy atom. The summed E-state index contributed by atoms with van der Waals surface area (Å²) in [4.78, 5) is 16.6. The van der Waals surface area contributed by atoms with Crippen LogP contribution in [-0.2, 0) is 24.3 Å². The standard InChI is InChI=1S/C30H33N3O2/c34-25-13-11-21(12-14-25)15-27-28-26-18-32-30(27,29(35)31-17-22-7-3-1-4-8-22)16-24(26)20-33(28)19-23-9-5-2-6-10-23/h1-14,24,26-28,32,34H,15-20H2,(H,31,35)/t24-,26-,27-,28+,30+/m1/s1. The molecule has 3 aromatic carbocycles. The van der Waals surface area contributed by atoms with Crippen molar-refractivity contribution < 1.29 is 9.90 Å². The van der Waals surface area contributed by atoms with Gasteiger partial charge in [0.1, 0.15) is 11.3 Å². The molecule has 0 unspecified atom stereocenters. The molecular weight excluding hydrogens is 434 g/mol. The number of fused-ring (bicyclic) bond motifs is 1. The summed E-state index contributed by atoms with van der Waals surface area (Å²) >= 11 is 0. The van der Waals surface area contributed by atoms with Gasteiger partial charge in [-0.05, 0) is 53.5 Å². The third-order valence-corrected chi connectivity index (χ3v) is 8.54. The minimum Gasteiger partial charge on any atom is -0.508 e. The molecule has 4 aliphatic rings. The number of likely N-dealkylation sites (tertiary alicyclic amines) is 1. The van der Waals surface area contributed by atoms with Crippen LogP contribution < -0.4 is 10.6 Å². The maximum Gasteiger partial charge on any atom is 0.240 e. The van der Waals surface area contributed by atoms with Crippen LogP contribution in [-0.4, -0.2) is 40.6 Å². The molecule has 3 aromatic rings.